The molecule has 7 heteroatoms. The standard InChI is InChI=1S/C27H31N3O3S/c1-21-8-14-26(15-9-21)34(32,33)29(2)25-12-10-23(11-13-25)27(31)28-24-16-18-30(19-17-24)20-22-6-4-3-5-7-22/h3-15,24H,16-20H2,1-2H3,(H,28,31). The van der Waals surface area contributed by atoms with E-state index in [0.29, 0.717) is 11.3 Å². The number of benzene rings is 3. The second kappa shape index (κ2) is 10.4. The third kappa shape index (κ3) is 5.66. The van der Waals surface area contributed by atoms with Gasteiger partial charge in [0.05, 0.1) is 10.6 Å². The van der Waals surface area contributed by atoms with E-state index in [-0.39, 0.29) is 16.8 Å². The number of carbonyl (C=O) groups excluding carboxylic acids is 1. The SMILES string of the molecule is Cc1ccc(S(=O)(=O)N(C)c2ccc(C(=O)NC3CCN(Cc4ccccc4)CC3)cc2)cc1. The van der Waals surface area contributed by atoms with E-state index in [1.54, 1.807) is 48.5 Å². The van der Waals surface area contributed by atoms with Crippen LogP contribution in [0.25, 0.3) is 0 Å². The number of nitrogens with one attached hydrogen (secondary N) is 1. The van der Waals surface area contributed by atoms with Gasteiger partial charge in [0, 0.05) is 38.3 Å². The number of hydrogen-bond acceptors (Lipinski definition) is 4. The van der Waals surface area contributed by atoms with Gasteiger partial charge in [-0.05, 0) is 61.7 Å². The van der Waals surface area contributed by atoms with Crippen LogP contribution in [0.2, 0.25) is 0 Å². The number of anilines is 1. The molecule has 1 N–H and O–H groups in total. The van der Waals surface area contributed by atoms with E-state index < -0.39 is 10.0 Å². The van der Waals surface area contributed by atoms with Crippen LogP contribution in [0, 0.1) is 6.92 Å². The number of piperidine rings is 1. The Morgan fingerprint density at radius 3 is 2.18 bits per heavy atom. The molecule has 1 fully saturated rings. The minimum Gasteiger partial charge on any atom is -0.349 e. The van der Waals surface area contributed by atoms with Crippen molar-refractivity contribution in [2.24, 2.45) is 0 Å². The molecule has 0 atom stereocenters. The molecule has 0 aliphatic carbocycles. The highest BCUT2D eigenvalue weighted by Crippen LogP contribution is 2.23. The number of nitrogens with zero attached hydrogens (tertiary/aromatic N) is 2. The van der Waals surface area contributed by atoms with Crippen LogP contribution in [0.3, 0.4) is 0 Å². The smallest absolute Gasteiger partial charge is 0.264 e. The first-order valence-electron chi connectivity index (χ1n) is 11.6. The van der Waals surface area contributed by atoms with E-state index in [2.05, 4.69) is 34.5 Å². The van der Waals surface area contributed by atoms with E-state index in [1.807, 2.05) is 13.0 Å². The third-order valence-corrected chi connectivity index (χ3v) is 8.14. The van der Waals surface area contributed by atoms with Crippen molar-refractivity contribution in [3.05, 3.63) is 95.6 Å². The highest BCUT2D eigenvalue weighted by atomic mass is 32.2. The molecule has 4 rings (SSSR count). The Morgan fingerprint density at radius 1 is 0.941 bits per heavy atom. The van der Waals surface area contributed by atoms with Crippen LogP contribution in [0.1, 0.15) is 34.3 Å². The van der Waals surface area contributed by atoms with Crippen LogP contribution in [0.4, 0.5) is 5.69 Å². The average Bonchev–Trinajstić information content (AvgIpc) is 2.86. The zero-order valence-corrected chi connectivity index (χ0v) is 20.5. The van der Waals surface area contributed by atoms with Gasteiger partial charge in [0.1, 0.15) is 0 Å². The molecule has 0 spiro atoms. The van der Waals surface area contributed by atoms with E-state index >= 15 is 0 Å². The zero-order chi connectivity index (χ0) is 24.1. The van der Waals surface area contributed by atoms with Gasteiger partial charge in [-0.25, -0.2) is 8.42 Å². The minimum absolute atomic E-state index is 0.128. The number of likely N-dealkylation sites (tertiary alicyclic amines) is 1. The van der Waals surface area contributed by atoms with Gasteiger partial charge in [-0.3, -0.25) is 14.0 Å². The maximum absolute atomic E-state index is 12.9. The van der Waals surface area contributed by atoms with Crippen molar-refractivity contribution in [1.82, 2.24) is 10.2 Å². The summed E-state index contributed by atoms with van der Waals surface area (Å²) in [5.41, 5.74) is 3.33. The van der Waals surface area contributed by atoms with Crippen LogP contribution < -0.4 is 9.62 Å². The lowest BCUT2D eigenvalue weighted by molar-refractivity contribution is 0.0909. The number of amides is 1. The Labute approximate surface area is 202 Å². The van der Waals surface area contributed by atoms with Gasteiger partial charge in [-0.1, -0.05) is 48.0 Å². The van der Waals surface area contributed by atoms with Gasteiger partial charge in [0.25, 0.3) is 15.9 Å². The van der Waals surface area contributed by atoms with E-state index in [1.165, 1.54) is 16.9 Å². The van der Waals surface area contributed by atoms with Crippen molar-refractivity contribution in [3.8, 4) is 0 Å². The summed E-state index contributed by atoms with van der Waals surface area (Å²) in [6, 6.07) is 24.0. The van der Waals surface area contributed by atoms with Gasteiger partial charge >= 0.3 is 0 Å². The number of carbonyl (C=O) groups is 1. The molecule has 3 aromatic rings. The molecule has 1 saturated heterocycles. The van der Waals surface area contributed by atoms with Crippen molar-refractivity contribution >= 4 is 21.6 Å². The second-order valence-electron chi connectivity index (χ2n) is 8.84. The molecule has 0 bridgehead atoms. The third-order valence-electron chi connectivity index (χ3n) is 6.34. The molecular weight excluding hydrogens is 446 g/mol. The molecule has 0 saturated carbocycles. The Balaban J connectivity index is 1.32. The first kappa shape index (κ1) is 24.0. The quantitative estimate of drug-likeness (QED) is 0.553. The maximum atomic E-state index is 12.9. The summed E-state index contributed by atoms with van der Waals surface area (Å²) in [5.74, 6) is -0.128. The molecule has 0 unspecified atom stereocenters. The first-order chi connectivity index (χ1) is 16.3. The predicted molar refractivity (Wildman–Crippen MR) is 135 cm³/mol. The summed E-state index contributed by atoms with van der Waals surface area (Å²) < 4.78 is 27.1. The topological polar surface area (TPSA) is 69.7 Å². The Morgan fingerprint density at radius 2 is 1.56 bits per heavy atom. The molecule has 1 aliphatic heterocycles. The monoisotopic (exact) mass is 477 g/mol. The Kier molecular flexibility index (Phi) is 7.34. The largest absolute Gasteiger partial charge is 0.349 e. The summed E-state index contributed by atoms with van der Waals surface area (Å²) in [5, 5.41) is 3.13. The molecule has 34 heavy (non-hydrogen) atoms. The fraction of sp³-hybridized carbons (Fsp3) is 0.296. The lowest BCUT2D eigenvalue weighted by Gasteiger charge is -2.32. The van der Waals surface area contributed by atoms with Crippen LogP contribution in [-0.4, -0.2) is 45.4 Å². The highest BCUT2D eigenvalue weighted by molar-refractivity contribution is 7.92. The van der Waals surface area contributed by atoms with Gasteiger partial charge in [0.2, 0.25) is 0 Å². The lowest BCUT2D eigenvalue weighted by Crippen LogP contribution is -2.44. The fourth-order valence-electron chi connectivity index (χ4n) is 4.18. The molecule has 178 valence electrons. The molecule has 1 heterocycles. The number of aryl methyl sites for hydroxylation is 1. The molecule has 3 aromatic carbocycles. The number of rotatable bonds is 7. The normalized spacial score (nSPS) is 15.1. The van der Waals surface area contributed by atoms with Crippen LogP contribution in [-0.2, 0) is 16.6 Å². The molecule has 6 nitrogen and oxygen atoms in total. The average molecular weight is 478 g/mol. The number of sulfonamides is 1. The summed E-state index contributed by atoms with van der Waals surface area (Å²) >= 11 is 0. The van der Waals surface area contributed by atoms with Crippen LogP contribution in [0.5, 0.6) is 0 Å². The maximum Gasteiger partial charge on any atom is 0.264 e. The van der Waals surface area contributed by atoms with E-state index in [4.69, 9.17) is 0 Å². The highest BCUT2D eigenvalue weighted by Gasteiger charge is 2.23. The zero-order valence-electron chi connectivity index (χ0n) is 19.6. The van der Waals surface area contributed by atoms with Crippen LogP contribution in [0.15, 0.2) is 83.8 Å². The first-order valence-corrected chi connectivity index (χ1v) is 13.0. The lowest BCUT2D eigenvalue weighted by atomic mass is 10.0. The van der Waals surface area contributed by atoms with E-state index in [0.717, 1.165) is 38.0 Å². The molecular formula is C27H31N3O3S. The fourth-order valence-corrected chi connectivity index (χ4v) is 5.37. The van der Waals surface area contributed by atoms with Crippen molar-refractivity contribution in [3.63, 3.8) is 0 Å². The van der Waals surface area contributed by atoms with Gasteiger partial charge < -0.3 is 5.32 Å². The number of hydrogen-bond donors (Lipinski definition) is 1. The second-order valence-corrected chi connectivity index (χ2v) is 10.8. The van der Waals surface area contributed by atoms with Gasteiger partial charge in [-0.15, -0.1) is 0 Å². The summed E-state index contributed by atoms with van der Waals surface area (Å²) in [4.78, 5) is 15.4. The summed E-state index contributed by atoms with van der Waals surface area (Å²) in [6.45, 7) is 4.74. The summed E-state index contributed by atoms with van der Waals surface area (Å²) in [6.07, 6.45) is 1.82. The molecule has 1 aliphatic rings. The predicted octanol–water partition coefficient (Wildman–Crippen LogP) is 4.21. The van der Waals surface area contributed by atoms with Gasteiger partial charge in [0.15, 0.2) is 0 Å². The molecule has 0 aromatic heterocycles. The molecule has 0 radical (unpaired) electrons. The minimum atomic E-state index is -3.66. The summed E-state index contributed by atoms with van der Waals surface area (Å²) in [7, 11) is -2.14. The van der Waals surface area contributed by atoms with Crippen molar-refractivity contribution < 1.29 is 13.2 Å². The van der Waals surface area contributed by atoms with E-state index in [9.17, 15) is 13.2 Å². The van der Waals surface area contributed by atoms with Crippen molar-refractivity contribution in [2.75, 3.05) is 24.4 Å². The van der Waals surface area contributed by atoms with Crippen molar-refractivity contribution in [2.45, 2.75) is 37.2 Å². The van der Waals surface area contributed by atoms with Crippen LogP contribution >= 0.6 is 0 Å². The van der Waals surface area contributed by atoms with Crippen molar-refractivity contribution in [1.29, 1.82) is 0 Å². The molecule has 1 amide bonds. The van der Waals surface area contributed by atoms with Gasteiger partial charge in [-0.2, -0.15) is 0 Å². The Bertz CT molecular complexity index is 1200. The Hall–Kier alpha value is -3.16.